The summed E-state index contributed by atoms with van der Waals surface area (Å²) in [5.74, 6) is 0.0342. The Morgan fingerprint density at radius 1 is 1.47 bits per heavy atom. The maximum absolute atomic E-state index is 11.9. The number of nitro benzene ring substituents is 1. The predicted octanol–water partition coefficient (Wildman–Crippen LogP) is 1.52. The molecule has 1 atom stereocenters. The summed E-state index contributed by atoms with van der Waals surface area (Å²) in [6, 6.07) is 5.73. The molecule has 0 fully saturated rings. The Hall–Kier alpha value is -1.95. The zero-order valence-electron chi connectivity index (χ0n) is 11.4. The molecule has 0 aliphatic heterocycles. The molecule has 0 bridgehead atoms. The number of nitrogens with zero attached hydrogens (tertiary/aromatic N) is 2. The van der Waals surface area contributed by atoms with Gasteiger partial charge in [0.25, 0.3) is 11.6 Å². The van der Waals surface area contributed by atoms with E-state index in [4.69, 9.17) is 0 Å². The number of amides is 1. The van der Waals surface area contributed by atoms with Crippen LogP contribution < -0.4 is 5.32 Å². The van der Waals surface area contributed by atoms with Gasteiger partial charge in [-0.25, -0.2) is 0 Å². The van der Waals surface area contributed by atoms with Crippen LogP contribution in [0.5, 0.6) is 0 Å². The van der Waals surface area contributed by atoms with E-state index in [-0.39, 0.29) is 11.6 Å². The molecule has 0 radical (unpaired) electrons. The summed E-state index contributed by atoms with van der Waals surface area (Å²) in [4.78, 5) is 24.0. The fourth-order valence-corrected chi connectivity index (χ4v) is 1.82. The second kappa shape index (κ2) is 6.84. The van der Waals surface area contributed by atoms with Crippen LogP contribution in [-0.4, -0.2) is 42.9 Å². The average molecular weight is 265 g/mol. The van der Waals surface area contributed by atoms with Crippen LogP contribution in [-0.2, 0) is 0 Å². The second-order valence-electron chi connectivity index (χ2n) is 4.88. The number of carbonyl (C=O) groups is 1. The molecule has 104 valence electrons. The molecule has 0 aromatic heterocycles. The Kier molecular flexibility index (Phi) is 5.44. The van der Waals surface area contributed by atoms with Crippen LogP contribution in [0, 0.1) is 16.0 Å². The van der Waals surface area contributed by atoms with Crippen molar-refractivity contribution >= 4 is 11.6 Å². The zero-order valence-corrected chi connectivity index (χ0v) is 11.4. The molecule has 1 amide bonds. The van der Waals surface area contributed by atoms with Crippen LogP contribution in [0.2, 0.25) is 0 Å². The number of hydrogen-bond acceptors (Lipinski definition) is 4. The highest BCUT2D eigenvalue weighted by Gasteiger charge is 2.12. The van der Waals surface area contributed by atoms with E-state index in [0.29, 0.717) is 18.0 Å². The molecule has 1 rings (SSSR count). The van der Waals surface area contributed by atoms with Gasteiger partial charge in [-0.3, -0.25) is 14.9 Å². The van der Waals surface area contributed by atoms with Crippen molar-refractivity contribution in [1.82, 2.24) is 10.2 Å². The number of nitro groups is 1. The number of hydrogen-bond donors (Lipinski definition) is 1. The van der Waals surface area contributed by atoms with Crippen molar-refractivity contribution in [2.75, 3.05) is 27.2 Å². The average Bonchev–Trinajstić information content (AvgIpc) is 2.35. The van der Waals surface area contributed by atoms with E-state index >= 15 is 0 Å². The topological polar surface area (TPSA) is 75.5 Å². The highest BCUT2D eigenvalue weighted by atomic mass is 16.6. The maximum Gasteiger partial charge on any atom is 0.270 e. The van der Waals surface area contributed by atoms with E-state index in [1.165, 1.54) is 18.2 Å². The van der Waals surface area contributed by atoms with Gasteiger partial charge < -0.3 is 10.2 Å². The molecular weight excluding hydrogens is 246 g/mol. The lowest BCUT2D eigenvalue weighted by Gasteiger charge is -2.17. The Bertz CT molecular complexity index is 460. The summed E-state index contributed by atoms with van der Waals surface area (Å²) in [5, 5.41) is 13.4. The third-order valence-corrected chi connectivity index (χ3v) is 2.61. The van der Waals surface area contributed by atoms with Crippen LogP contribution in [0.4, 0.5) is 5.69 Å². The first-order chi connectivity index (χ1) is 8.90. The van der Waals surface area contributed by atoms with Gasteiger partial charge in [0.15, 0.2) is 0 Å². The van der Waals surface area contributed by atoms with Crippen molar-refractivity contribution in [2.45, 2.75) is 6.92 Å². The van der Waals surface area contributed by atoms with Gasteiger partial charge in [0, 0.05) is 30.8 Å². The predicted molar refractivity (Wildman–Crippen MR) is 73.1 cm³/mol. The van der Waals surface area contributed by atoms with Gasteiger partial charge in [-0.15, -0.1) is 0 Å². The molecule has 1 N–H and O–H groups in total. The van der Waals surface area contributed by atoms with Crippen LogP contribution in [0.3, 0.4) is 0 Å². The summed E-state index contributed by atoms with van der Waals surface area (Å²) < 4.78 is 0. The van der Waals surface area contributed by atoms with Crippen molar-refractivity contribution in [1.29, 1.82) is 0 Å². The maximum atomic E-state index is 11.9. The first-order valence-electron chi connectivity index (χ1n) is 6.07. The van der Waals surface area contributed by atoms with Gasteiger partial charge in [0.2, 0.25) is 0 Å². The lowest BCUT2D eigenvalue weighted by Crippen LogP contribution is -2.32. The minimum absolute atomic E-state index is 0.0750. The molecule has 1 aromatic carbocycles. The molecule has 0 saturated carbocycles. The fraction of sp³-hybridized carbons (Fsp3) is 0.462. The Morgan fingerprint density at radius 3 is 2.74 bits per heavy atom. The summed E-state index contributed by atoms with van der Waals surface area (Å²) in [7, 11) is 3.94. The third kappa shape index (κ3) is 5.05. The minimum atomic E-state index is -0.508. The molecule has 1 unspecified atom stereocenters. The quantitative estimate of drug-likeness (QED) is 0.625. The second-order valence-corrected chi connectivity index (χ2v) is 4.88. The van der Waals surface area contributed by atoms with Crippen molar-refractivity contribution in [2.24, 2.45) is 5.92 Å². The first-order valence-corrected chi connectivity index (χ1v) is 6.07. The number of carbonyl (C=O) groups excluding carboxylic acids is 1. The normalized spacial score (nSPS) is 12.2. The third-order valence-electron chi connectivity index (χ3n) is 2.61. The molecule has 6 nitrogen and oxygen atoms in total. The van der Waals surface area contributed by atoms with Crippen molar-refractivity contribution < 1.29 is 9.72 Å². The molecule has 0 heterocycles. The summed E-state index contributed by atoms with van der Waals surface area (Å²) in [5.41, 5.74) is 0.236. The Morgan fingerprint density at radius 2 is 2.16 bits per heavy atom. The Labute approximate surface area is 112 Å². The summed E-state index contributed by atoms with van der Waals surface area (Å²) in [6.07, 6.45) is 0. The highest BCUT2D eigenvalue weighted by molar-refractivity contribution is 5.94. The van der Waals surface area contributed by atoms with Crippen LogP contribution >= 0.6 is 0 Å². The Balaban J connectivity index is 2.58. The molecule has 1 aromatic rings. The van der Waals surface area contributed by atoms with Crippen LogP contribution in [0.15, 0.2) is 24.3 Å². The molecular formula is C13H19N3O3. The van der Waals surface area contributed by atoms with Crippen molar-refractivity contribution in [3.8, 4) is 0 Å². The SMILES string of the molecule is CC(CNC(=O)c1cccc([N+](=O)[O-])c1)CN(C)C. The van der Waals surface area contributed by atoms with Gasteiger partial charge in [0.05, 0.1) is 4.92 Å². The standard InChI is InChI=1S/C13H19N3O3/c1-10(9-15(2)3)8-14-13(17)11-5-4-6-12(7-11)16(18)19/h4-7,10H,8-9H2,1-3H3,(H,14,17). The van der Waals surface area contributed by atoms with E-state index < -0.39 is 4.92 Å². The van der Waals surface area contributed by atoms with Crippen molar-refractivity contribution in [3.63, 3.8) is 0 Å². The lowest BCUT2D eigenvalue weighted by atomic mass is 10.1. The van der Waals surface area contributed by atoms with Gasteiger partial charge in [-0.05, 0) is 26.1 Å². The van der Waals surface area contributed by atoms with Gasteiger partial charge in [0.1, 0.15) is 0 Å². The number of nitrogens with one attached hydrogen (secondary N) is 1. The number of rotatable bonds is 6. The lowest BCUT2D eigenvalue weighted by molar-refractivity contribution is -0.384. The highest BCUT2D eigenvalue weighted by Crippen LogP contribution is 2.12. The number of non-ortho nitro benzene ring substituents is 1. The minimum Gasteiger partial charge on any atom is -0.352 e. The molecule has 0 spiro atoms. The zero-order chi connectivity index (χ0) is 14.4. The monoisotopic (exact) mass is 265 g/mol. The van der Waals surface area contributed by atoms with Crippen molar-refractivity contribution in [3.05, 3.63) is 39.9 Å². The van der Waals surface area contributed by atoms with E-state index in [1.807, 2.05) is 25.9 Å². The van der Waals surface area contributed by atoms with E-state index in [0.717, 1.165) is 6.54 Å². The first kappa shape index (κ1) is 15.1. The molecule has 19 heavy (non-hydrogen) atoms. The van der Waals surface area contributed by atoms with E-state index in [1.54, 1.807) is 6.07 Å². The fourth-order valence-electron chi connectivity index (χ4n) is 1.82. The van der Waals surface area contributed by atoms with Gasteiger partial charge >= 0.3 is 0 Å². The largest absolute Gasteiger partial charge is 0.352 e. The smallest absolute Gasteiger partial charge is 0.270 e. The van der Waals surface area contributed by atoms with E-state index in [2.05, 4.69) is 5.32 Å². The van der Waals surface area contributed by atoms with Gasteiger partial charge in [-0.1, -0.05) is 13.0 Å². The molecule has 0 aliphatic rings. The summed E-state index contributed by atoms with van der Waals surface area (Å²) >= 11 is 0. The van der Waals surface area contributed by atoms with E-state index in [9.17, 15) is 14.9 Å². The van der Waals surface area contributed by atoms with Gasteiger partial charge in [-0.2, -0.15) is 0 Å². The summed E-state index contributed by atoms with van der Waals surface area (Å²) in [6.45, 7) is 3.45. The van der Waals surface area contributed by atoms with Crippen LogP contribution in [0.1, 0.15) is 17.3 Å². The number of benzene rings is 1. The molecule has 6 heteroatoms. The molecule has 0 aliphatic carbocycles. The van der Waals surface area contributed by atoms with Crippen LogP contribution in [0.25, 0.3) is 0 Å². The molecule has 0 saturated heterocycles.